The molecule has 1 aliphatic rings. The van der Waals surface area contributed by atoms with E-state index in [-0.39, 0.29) is 6.10 Å². The number of aryl methyl sites for hydroxylation is 1. The standard InChI is InChI=1S/C16H16ClNO/c1-10-5-12-8-14(9-18)19-16(12)15(6-10)11-3-2-4-13(17)7-11/h2-7,14H,8-9,18H2,1H3/t14-/m0/s1. The van der Waals surface area contributed by atoms with Gasteiger partial charge in [0.25, 0.3) is 0 Å². The van der Waals surface area contributed by atoms with Crippen molar-refractivity contribution < 1.29 is 4.74 Å². The molecular weight excluding hydrogens is 258 g/mol. The highest BCUT2D eigenvalue weighted by Crippen LogP contribution is 2.40. The summed E-state index contributed by atoms with van der Waals surface area (Å²) in [5.74, 6) is 0.961. The Balaban J connectivity index is 2.13. The van der Waals surface area contributed by atoms with Crippen molar-refractivity contribution in [1.82, 2.24) is 0 Å². The Morgan fingerprint density at radius 2 is 2.16 bits per heavy atom. The molecule has 0 saturated carbocycles. The molecule has 1 atom stereocenters. The lowest BCUT2D eigenvalue weighted by molar-refractivity contribution is 0.242. The summed E-state index contributed by atoms with van der Waals surface area (Å²) in [6.07, 6.45) is 0.982. The van der Waals surface area contributed by atoms with Gasteiger partial charge in [0.2, 0.25) is 0 Å². The maximum absolute atomic E-state index is 6.08. The van der Waals surface area contributed by atoms with Gasteiger partial charge in [-0.05, 0) is 41.8 Å². The lowest BCUT2D eigenvalue weighted by atomic mass is 9.98. The predicted molar refractivity (Wildman–Crippen MR) is 78.8 cm³/mol. The molecule has 0 amide bonds. The molecule has 0 fully saturated rings. The van der Waals surface area contributed by atoms with Crippen molar-refractivity contribution in [2.75, 3.05) is 6.54 Å². The number of hydrogen-bond donors (Lipinski definition) is 1. The van der Waals surface area contributed by atoms with Crippen molar-refractivity contribution in [2.24, 2.45) is 5.73 Å². The maximum Gasteiger partial charge on any atom is 0.130 e. The van der Waals surface area contributed by atoms with E-state index in [0.29, 0.717) is 6.54 Å². The zero-order valence-corrected chi connectivity index (χ0v) is 11.6. The molecule has 0 bridgehead atoms. The molecule has 0 aromatic heterocycles. The van der Waals surface area contributed by atoms with Gasteiger partial charge in [-0.15, -0.1) is 0 Å². The zero-order valence-electron chi connectivity index (χ0n) is 10.8. The van der Waals surface area contributed by atoms with Crippen LogP contribution in [0.25, 0.3) is 11.1 Å². The van der Waals surface area contributed by atoms with E-state index in [1.807, 2.05) is 18.2 Å². The molecule has 98 valence electrons. The smallest absolute Gasteiger partial charge is 0.130 e. The first kappa shape index (κ1) is 12.5. The van der Waals surface area contributed by atoms with Crippen molar-refractivity contribution in [3.63, 3.8) is 0 Å². The third-order valence-corrected chi connectivity index (χ3v) is 3.68. The predicted octanol–water partition coefficient (Wildman–Crippen LogP) is 3.58. The fraction of sp³-hybridized carbons (Fsp3) is 0.250. The number of halogens is 1. The van der Waals surface area contributed by atoms with Crippen molar-refractivity contribution >= 4 is 11.6 Å². The third kappa shape index (κ3) is 2.34. The summed E-state index contributed by atoms with van der Waals surface area (Å²) < 4.78 is 5.97. The van der Waals surface area contributed by atoms with Gasteiger partial charge < -0.3 is 10.5 Å². The number of nitrogens with two attached hydrogens (primary N) is 1. The van der Waals surface area contributed by atoms with Crippen LogP contribution in [0.1, 0.15) is 11.1 Å². The number of benzene rings is 2. The van der Waals surface area contributed by atoms with Crippen LogP contribution in [0.2, 0.25) is 5.02 Å². The quantitative estimate of drug-likeness (QED) is 0.908. The molecule has 2 aromatic rings. The summed E-state index contributed by atoms with van der Waals surface area (Å²) in [5, 5.41) is 0.737. The average molecular weight is 274 g/mol. The molecule has 19 heavy (non-hydrogen) atoms. The maximum atomic E-state index is 6.08. The Morgan fingerprint density at radius 3 is 2.89 bits per heavy atom. The minimum Gasteiger partial charge on any atom is -0.488 e. The van der Waals surface area contributed by atoms with E-state index in [1.165, 1.54) is 11.1 Å². The first-order chi connectivity index (χ1) is 9.17. The van der Waals surface area contributed by atoms with E-state index in [2.05, 4.69) is 25.1 Å². The van der Waals surface area contributed by atoms with Gasteiger partial charge in [0.1, 0.15) is 11.9 Å². The van der Waals surface area contributed by atoms with Crippen molar-refractivity contribution in [3.05, 3.63) is 52.5 Å². The minimum atomic E-state index is 0.0923. The van der Waals surface area contributed by atoms with Crippen LogP contribution >= 0.6 is 11.6 Å². The Kier molecular flexibility index (Phi) is 3.21. The van der Waals surface area contributed by atoms with Gasteiger partial charge in [0, 0.05) is 23.6 Å². The van der Waals surface area contributed by atoms with E-state index in [4.69, 9.17) is 22.1 Å². The minimum absolute atomic E-state index is 0.0923. The van der Waals surface area contributed by atoms with Crippen LogP contribution in [0.15, 0.2) is 36.4 Å². The van der Waals surface area contributed by atoms with Gasteiger partial charge in [-0.1, -0.05) is 29.8 Å². The first-order valence-corrected chi connectivity index (χ1v) is 6.81. The molecule has 0 saturated heterocycles. The monoisotopic (exact) mass is 273 g/mol. The molecule has 2 nitrogen and oxygen atoms in total. The van der Waals surface area contributed by atoms with Gasteiger partial charge in [0.05, 0.1) is 0 Å². The molecule has 0 radical (unpaired) electrons. The van der Waals surface area contributed by atoms with E-state index < -0.39 is 0 Å². The molecular formula is C16H16ClNO. The van der Waals surface area contributed by atoms with Crippen molar-refractivity contribution in [2.45, 2.75) is 19.4 Å². The molecule has 1 aliphatic heterocycles. The van der Waals surface area contributed by atoms with Crippen LogP contribution in [0.4, 0.5) is 0 Å². The summed E-state index contributed by atoms with van der Waals surface area (Å²) in [7, 11) is 0. The van der Waals surface area contributed by atoms with Crippen LogP contribution in [-0.2, 0) is 6.42 Å². The lowest BCUT2D eigenvalue weighted by Crippen LogP contribution is -2.24. The Hall–Kier alpha value is -1.51. The molecule has 0 spiro atoms. The molecule has 2 N–H and O–H groups in total. The molecule has 3 heteroatoms. The van der Waals surface area contributed by atoms with Gasteiger partial charge >= 0.3 is 0 Å². The third-order valence-electron chi connectivity index (χ3n) is 3.44. The summed E-state index contributed by atoms with van der Waals surface area (Å²) in [6, 6.07) is 12.2. The highest BCUT2D eigenvalue weighted by molar-refractivity contribution is 6.30. The largest absolute Gasteiger partial charge is 0.488 e. The fourth-order valence-corrected chi connectivity index (χ4v) is 2.78. The summed E-state index contributed by atoms with van der Waals surface area (Å²) >= 11 is 6.08. The second kappa shape index (κ2) is 4.87. The van der Waals surface area contributed by atoms with E-state index >= 15 is 0 Å². The van der Waals surface area contributed by atoms with Crippen LogP contribution in [0, 0.1) is 6.92 Å². The summed E-state index contributed by atoms with van der Waals surface area (Å²) in [4.78, 5) is 0. The van der Waals surface area contributed by atoms with Crippen LogP contribution in [0.3, 0.4) is 0 Å². The zero-order chi connectivity index (χ0) is 13.4. The van der Waals surface area contributed by atoms with Gasteiger partial charge in [-0.3, -0.25) is 0 Å². The summed E-state index contributed by atoms with van der Waals surface area (Å²) in [6.45, 7) is 2.65. The van der Waals surface area contributed by atoms with E-state index in [9.17, 15) is 0 Å². The number of hydrogen-bond acceptors (Lipinski definition) is 2. The van der Waals surface area contributed by atoms with Crippen LogP contribution in [0.5, 0.6) is 5.75 Å². The molecule has 3 rings (SSSR count). The normalized spacial score (nSPS) is 17.1. The second-order valence-corrected chi connectivity index (χ2v) is 5.43. The average Bonchev–Trinajstić information content (AvgIpc) is 2.80. The van der Waals surface area contributed by atoms with E-state index in [1.54, 1.807) is 0 Å². The fourth-order valence-electron chi connectivity index (χ4n) is 2.59. The van der Waals surface area contributed by atoms with Crippen molar-refractivity contribution in [1.29, 1.82) is 0 Å². The topological polar surface area (TPSA) is 35.2 Å². The Bertz CT molecular complexity index is 624. The van der Waals surface area contributed by atoms with Gasteiger partial charge in [-0.2, -0.15) is 0 Å². The Labute approximate surface area is 118 Å². The number of fused-ring (bicyclic) bond motifs is 1. The van der Waals surface area contributed by atoms with Crippen LogP contribution in [-0.4, -0.2) is 12.6 Å². The molecule has 2 aromatic carbocycles. The first-order valence-electron chi connectivity index (χ1n) is 6.43. The van der Waals surface area contributed by atoms with Gasteiger partial charge in [0.15, 0.2) is 0 Å². The lowest BCUT2D eigenvalue weighted by Gasteiger charge is -2.12. The number of rotatable bonds is 2. The molecule has 1 heterocycles. The van der Waals surface area contributed by atoms with Gasteiger partial charge in [-0.25, -0.2) is 0 Å². The molecule has 0 unspecified atom stereocenters. The van der Waals surface area contributed by atoms with Crippen LogP contribution < -0.4 is 10.5 Å². The van der Waals surface area contributed by atoms with E-state index in [0.717, 1.165) is 28.3 Å². The SMILES string of the molecule is Cc1cc2c(c(-c3cccc(Cl)c3)c1)O[C@H](CN)C2. The Morgan fingerprint density at radius 1 is 1.32 bits per heavy atom. The number of ether oxygens (including phenoxy) is 1. The molecule has 0 aliphatic carbocycles. The second-order valence-electron chi connectivity index (χ2n) is 4.99. The highest BCUT2D eigenvalue weighted by Gasteiger charge is 2.25. The summed E-state index contributed by atoms with van der Waals surface area (Å²) in [5.41, 5.74) is 10.4. The van der Waals surface area contributed by atoms with Crippen molar-refractivity contribution in [3.8, 4) is 16.9 Å². The highest BCUT2D eigenvalue weighted by atomic mass is 35.5.